The maximum atomic E-state index is 4.65. The van der Waals surface area contributed by atoms with E-state index in [1.807, 2.05) is 6.07 Å². The first-order chi connectivity index (χ1) is 16.5. The molecule has 34 heavy (non-hydrogen) atoms. The summed E-state index contributed by atoms with van der Waals surface area (Å²) in [4.78, 5) is 0. The molecule has 170 valence electrons. The van der Waals surface area contributed by atoms with Crippen LogP contribution in [-0.4, -0.2) is 14.8 Å². The van der Waals surface area contributed by atoms with Gasteiger partial charge in [-0.05, 0) is 47.9 Å². The molecule has 0 saturated carbocycles. The fourth-order valence-electron chi connectivity index (χ4n) is 4.43. The molecule has 0 N–H and O–H groups in total. The molecular formula is C31H31N3. The lowest BCUT2D eigenvalue weighted by Gasteiger charge is -2.19. The molecule has 0 amide bonds. The number of hydrogen-bond acceptors (Lipinski definition) is 2. The van der Waals surface area contributed by atoms with Crippen LogP contribution in [0, 0.1) is 0 Å². The zero-order chi connectivity index (χ0) is 23.5. The molecule has 0 unspecified atom stereocenters. The summed E-state index contributed by atoms with van der Waals surface area (Å²) < 4.78 is 2.16. The van der Waals surface area contributed by atoms with Gasteiger partial charge in [-0.1, -0.05) is 111 Å². The average Bonchev–Trinajstić information content (AvgIpc) is 3.30. The minimum Gasteiger partial charge on any atom is -0.275 e. The van der Waals surface area contributed by atoms with Gasteiger partial charge in [0.1, 0.15) is 0 Å². The molecule has 3 nitrogen and oxygen atoms in total. The summed E-state index contributed by atoms with van der Waals surface area (Å²) in [6.07, 6.45) is 9.95. The van der Waals surface area contributed by atoms with E-state index in [-0.39, 0.29) is 5.41 Å². The van der Waals surface area contributed by atoms with Crippen LogP contribution in [0.1, 0.15) is 44.7 Å². The molecule has 0 radical (unpaired) electrons. The van der Waals surface area contributed by atoms with E-state index >= 15 is 0 Å². The summed E-state index contributed by atoms with van der Waals surface area (Å²) in [6, 6.07) is 27.9. The van der Waals surface area contributed by atoms with Gasteiger partial charge >= 0.3 is 0 Å². The highest BCUT2D eigenvalue weighted by Gasteiger charge is 2.19. The van der Waals surface area contributed by atoms with Crippen molar-refractivity contribution in [2.24, 2.45) is 0 Å². The minimum atomic E-state index is 0.114. The van der Waals surface area contributed by atoms with Crippen molar-refractivity contribution >= 4 is 0 Å². The predicted octanol–water partition coefficient (Wildman–Crippen LogP) is 7.72. The van der Waals surface area contributed by atoms with E-state index < -0.39 is 0 Å². The van der Waals surface area contributed by atoms with Crippen LogP contribution in [-0.2, 0) is 11.8 Å². The van der Waals surface area contributed by atoms with E-state index in [2.05, 4.69) is 127 Å². The number of allylic oxidation sites excluding steroid dienone is 4. The van der Waals surface area contributed by atoms with E-state index in [0.29, 0.717) is 0 Å². The van der Waals surface area contributed by atoms with Crippen molar-refractivity contribution in [3.8, 4) is 28.5 Å². The molecule has 5 rings (SSSR count). The summed E-state index contributed by atoms with van der Waals surface area (Å²) in [6.45, 7) is 6.70. The molecule has 1 aliphatic rings. The Hall–Kier alpha value is -3.72. The number of hydrogen-bond donors (Lipinski definition) is 0. The monoisotopic (exact) mass is 445 g/mol. The number of para-hydroxylation sites is 1. The van der Waals surface area contributed by atoms with Gasteiger partial charge in [-0.25, -0.2) is 0 Å². The molecule has 0 aliphatic heterocycles. The molecule has 1 aliphatic carbocycles. The zero-order valence-electron chi connectivity index (χ0n) is 20.2. The van der Waals surface area contributed by atoms with Gasteiger partial charge < -0.3 is 0 Å². The van der Waals surface area contributed by atoms with E-state index in [4.69, 9.17) is 0 Å². The minimum absolute atomic E-state index is 0.114. The zero-order valence-corrected chi connectivity index (χ0v) is 20.2. The Balaban J connectivity index is 1.52. The number of rotatable bonds is 5. The van der Waals surface area contributed by atoms with Crippen molar-refractivity contribution in [3.05, 3.63) is 114 Å². The Labute approximate surface area is 202 Å². The fraction of sp³-hybridized carbons (Fsp3) is 0.226. The first kappa shape index (κ1) is 22.1. The van der Waals surface area contributed by atoms with Crippen molar-refractivity contribution in [3.63, 3.8) is 0 Å². The summed E-state index contributed by atoms with van der Waals surface area (Å²) >= 11 is 0. The summed E-state index contributed by atoms with van der Waals surface area (Å²) in [7, 11) is 0. The van der Waals surface area contributed by atoms with E-state index in [1.54, 1.807) is 0 Å². The van der Waals surface area contributed by atoms with Crippen molar-refractivity contribution in [1.29, 1.82) is 0 Å². The van der Waals surface area contributed by atoms with Crippen LogP contribution in [0.25, 0.3) is 28.5 Å². The molecule has 3 aromatic carbocycles. The van der Waals surface area contributed by atoms with Crippen LogP contribution in [0.5, 0.6) is 0 Å². The van der Waals surface area contributed by atoms with Crippen LogP contribution >= 0.6 is 0 Å². The second kappa shape index (κ2) is 9.26. The molecule has 1 aromatic heterocycles. The number of aromatic nitrogens is 3. The lowest BCUT2D eigenvalue weighted by Crippen LogP contribution is -2.10. The first-order valence-electron chi connectivity index (χ1n) is 12.0. The molecule has 3 heteroatoms. The molecular weight excluding hydrogens is 414 g/mol. The molecule has 0 bridgehead atoms. The largest absolute Gasteiger partial charge is 0.275 e. The summed E-state index contributed by atoms with van der Waals surface area (Å²) in [5.74, 6) is 1.71. The maximum absolute atomic E-state index is 4.65. The van der Waals surface area contributed by atoms with Crippen LogP contribution in [0.2, 0.25) is 0 Å². The number of nitrogens with zero attached hydrogens (tertiary/aromatic N) is 3. The van der Waals surface area contributed by atoms with E-state index in [9.17, 15) is 0 Å². The highest BCUT2D eigenvalue weighted by Crippen LogP contribution is 2.31. The van der Waals surface area contributed by atoms with Crippen LogP contribution in [0.3, 0.4) is 0 Å². The lowest BCUT2D eigenvalue weighted by molar-refractivity contribution is 0.590. The average molecular weight is 446 g/mol. The highest BCUT2D eigenvalue weighted by molar-refractivity contribution is 5.67. The molecule has 0 fully saturated rings. The quantitative estimate of drug-likeness (QED) is 0.315. The maximum Gasteiger partial charge on any atom is 0.168 e. The van der Waals surface area contributed by atoms with Crippen molar-refractivity contribution in [2.45, 2.75) is 45.4 Å². The third-order valence-electron chi connectivity index (χ3n) is 6.43. The van der Waals surface area contributed by atoms with Gasteiger partial charge in [-0.3, -0.25) is 4.57 Å². The third-order valence-corrected chi connectivity index (χ3v) is 6.43. The van der Waals surface area contributed by atoms with E-state index in [1.165, 1.54) is 16.7 Å². The second-order valence-electron chi connectivity index (χ2n) is 10.0. The number of benzene rings is 3. The lowest BCUT2D eigenvalue weighted by atomic mass is 9.86. The Morgan fingerprint density at radius 2 is 1.38 bits per heavy atom. The normalized spacial score (nSPS) is 13.7. The van der Waals surface area contributed by atoms with Gasteiger partial charge in [0.05, 0.1) is 0 Å². The Bertz CT molecular complexity index is 1320. The SMILES string of the molecule is CC(C)(C)c1ccc(-c2nnc(-c3ccc(CC4=CC=CCC4)cc3)n2-c2ccccc2)cc1. The van der Waals surface area contributed by atoms with Gasteiger partial charge in [-0.2, -0.15) is 0 Å². The fourth-order valence-corrected chi connectivity index (χ4v) is 4.43. The van der Waals surface area contributed by atoms with Crippen molar-refractivity contribution in [2.75, 3.05) is 0 Å². The van der Waals surface area contributed by atoms with Gasteiger partial charge in [0.25, 0.3) is 0 Å². The smallest absolute Gasteiger partial charge is 0.168 e. The van der Waals surface area contributed by atoms with Gasteiger partial charge in [0.2, 0.25) is 0 Å². The van der Waals surface area contributed by atoms with Crippen molar-refractivity contribution < 1.29 is 0 Å². The van der Waals surface area contributed by atoms with E-state index in [0.717, 1.165) is 47.7 Å². The predicted molar refractivity (Wildman–Crippen MR) is 141 cm³/mol. The van der Waals surface area contributed by atoms with Gasteiger partial charge in [0, 0.05) is 16.8 Å². The Kier molecular flexibility index (Phi) is 6.02. The Morgan fingerprint density at radius 1 is 0.765 bits per heavy atom. The molecule has 0 atom stereocenters. The standard InChI is InChI=1S/C31H31N3/c1-31(2,3)27-20-18-26(19-21-27)30-33-32-29(34(30)28-12-8-5-9-13-28)25-16-14-24(15-17-25)22-23-10-6-4-7-11-23/h4-6,8-10,12-21H,7,11,22H2,1-3H3. The Morgan fingerprint density at radius 3 is 1.94 bits per heavy atom. The molecule has 4 aromatic rings. The second-order valence-corrected chi connectivity index (χ2v) is 10.0. The van der Waals surface area contributed by atoms with Gasteiger partial charge in [-0.15, -0.1) is 10.2 Å². The third kappa shape index (κ3) is 4.65. The molecule has 0 saturated heterocycles. The van der Waals surface area contributed by atoms with Gasteiger partial charge in [0.15, 0.2) is 11.6 Å². The van der Waals surface area contributed by atoms with Crippen LogP contribution in [0.15, 0.2) is 103 Å². The summed E-state index contributed by atoms with van der Waals surface area (Å²) in [5, 5.41) is 9.29. The highest BCUT2D eigenvalue weighted by atomic mass is 15.3. The van der Waals surface area contributed by atoms with Crippen LogP contribution < -0.4 is 0 Å². The van der Waals surface area contributed by atoms with Crippen molar-refractivity contribution in [1.82, 2.24) is 14.8 Å². The van der Waals surface area contributed by atoms with Crippen LogP contribution in [0.4, 0.5) is 0 Å². The molecule has 1 heterocycles. The topological polar surface area (TPSA) is 30.7 Å². The first-order valence-corrected chi connectivity index (χ1v) is 12.0. The summed E-state index contributed by atoms with van der Waals surface area (Å²) in [5.41, 5.74) is 7.42. The molecule has 0 spiro atoms.